The van der Waals surface area contributed by atoms with Crippen LogP contribution in [0.3, 0.4) is 0 Å². The summed E-state index contributed by atoms with van der Waals surface area (Å²) < 4.78 is 66.9. The first-order chi connectivity index (χ1) is 14.7. The van der Waals surface area contributed by atoms with Crippen molar-refractivity contribution in [1.29, 1.82) is 0 Å². The number of phenolic OH excluding ortho intramolecular Hbond substituents is 1. The predicted molar refractivity (Wildman–Crippen MR) is 105 cm³/mol. The molecular weight excluding hydrogens is 518 g/mol. The Hall–Kier alpha value is -1.86. The van der Waals surface area contributed by atoms with Gasteiger partial charge in [0.1, 0.15) is 26.5 Å². The van der Waals surface area contributed by atoms with Gasteiger partial charge in [-0.2, -0.15) is 8.42 Å². The zero-order chi connectivity index (χ0) is 24.0. The van der Waals surface area contributed by atoms with Crippen LogP contribution >= 0.6 is 0 Å². The maximum atomic E-state index is 12.9. The van der Waals surface area contributed by atoms with E-state index in [0.717, 1.165) is 18.2 Å². The number of nitro groups is 1. The van der Waals surface area contributed by atoms with E-state index in [1.165, 1.54) is 0 Å². The van der Waals surface area contributed by atoms with E-state index < -0.39 is 80.0 Å². The molecule has 0 aromatic heterocycles. The summed E-state index contributed by atoms with van der Waals surface area (Å²) in [5.74, 6) is -1.80. The minimum absolute atomic E-state index is 0. The van der Waals surface area contributed by atoms with Crippen LogP contribution in [0.5, 0.6) is 11.5 Å². The van der Waals surface area contributed by atoms with Crippen molar-refractivity contribution in [2.24, 2.45) is 10.2 Å². The third kappa shape index (κ3) is 6.22. The number of nitrogens with two attached hydrogens (primary N) is 1. The average Bonchev–Trinajstić information content (AvgIpc) is 2.66. The first-order valence-electron chi connectivity index (χ1n) is 8.10. The third-order valence-electron chi connectivity index (χ3n) is 4.13. The summed E-state index contributed by atoms with van der Waals surface area (Å²) in [5.41, 5.74) is 3.19. The van der Waals surface area contributed by atoms with E-state index in [9.17, 15) is 46.3 Å². The largest absolute Gasteiger partial charge is 1.00 e. The number of nitrogen functional groups attached to an aromatic ring is 1. The van der Waals surface area contributed by atoms with E-state index in [2.05, 4.69) is 10.2 Å². The van der Waals surface area contributed by atoms with E-state index in [1.807, 2.05) is 0 Å². The molecule has 0 aliphatic carbocycles. The van der Waals surface area contributed by atoms with Crippen LogP contribution in [0.2, 0.25) is 0 Å². The first kappa shape index (κ1) is 30.2. The summed E-state index contributed by atoms with van der Waals surface area (Å²) in [6.07, 6.45) is 0. The number of nitrogens with zero attached hydrogens (tertiary/aromatic N) is 3. The summed E-state index contributed by atoms with van der Waals surface area (Å²) in [5, 5.41) is 39.6. The number of anilines is 1. The molecule has 0 radical (unpaired) electrons. The van der Waals surface area contributed by atoms with Crippen molar-refractivity contribution < 1.29 is 100 Å². The van der Waals surface area contributed by atoms with Gasteiger partial charge in [-0.25, -0.2) is 8.42 Å². The Kier molecular flexibility index (Phi) is 9.60. The van der Waals surface area contributed by atoms with Gasteiger partial charge in [-0.05, 0) is 35.0 Å². The van der Waals surface area contributed by atoms with Gasteiger partial charge in [0.15, 0.2) is 0 Å². The number of aromatic hydroxyl groups is 1. The maximum Gasteiger partial charge on any atom is 1.00 e. The first-order valence-corrected chi connectivity index (χ1v) is 10.9. The Morgan fingerprint density at radius 3 is 2.15 bits per heavy atom. The Bertz CT molecular complexity index is 1540. The van der Waals surface area contributed by atoms with Crippen molar-refractivity contribution in [1.82, 2.24) is 0 Å². The van der Waals surface area contributed by atoms with Crippen molar-refractivity contribution >= 4 is 53.8 Å². The van der Waals surface area contributed by atoms with Crippen LogP contribution in [-0.4, -0.2) is 36.0 Å². The zero-order valence-electron chi connectivity index (χ0n) is 17.4. The fourth-order valence-electron chi connectivity index (χ4n) is 2.72. The van der Waals surface area contributed by atoms with Crippen molar-refractivity contribution in [2.45, 2.75) is 9.79 Å². The van der Waals surface area contributed by atoms with E-state index in [-0.39, 0.29) is 59.1 Å². The predicted octanol–water partition coefficient (Wildman–Crippen LogP) is -4.32. The van der Waals surface area contributed by atoms with Crippen LogP contribution in [0.1, 0.15) is 0 Å². The third-order valence-corrected chi connectivity index (χ3v) is 5.81. The molecule has 18 heteroatoms. The molecule has 0 aliphatic heterocycles. The molecule has 0 saturated heterocycles. The van der Waals surface area contributed by atoms with Crippen LogP contribution in [0.4, 0.5) is 22.7 Å². The van der Waals surface area contributed by atoms with Crippen molar-refractivity contribution in [3.8, 4) is 11.5 Å². The van der Waals surface area contributed by atoms with Gasteiger partial charge in [0, 0.05) is 17.8 Å². The fourth-order valence-corrected chi connectivity index (χ4v) is 3.92. The number of hydrogen-bond donors (Lipinski definition) is 3. The number of benzene rings is 3. The monoisotopic (exact) mass is 528 g/mol. The molecule has 0 unspecified atom stereocenters. The SMILES string of the molecule is Nc1cc(S(=O)(=O)[O-])cc2cc(S(=O)(=O)O)c(N=Nc3cc([N+](=O)[O-])ccc3O)c([O-])c12.[Na+].[Na+]. The van der Waals surface area contributed by atoms with Gasteiger partial charge in [-0.15, -0.1) is 10.2 Å². The topological polar surface area (TPSA) is 249 Å². The maximum absolute atomic E-state index is 12.9. The Balaban J connectivity index is 0.00000289. The van der Waals surface area contributed by atoms with E-state index in [0.29, 0.717) is 18.2 Å². The Labute approximate surface area is 235 Å². The van der Waals surface area contributed by atoms with Gasteiger partial charge in [-0.1, -0.05) is 5.75 Å². The number of fused-ring (bicyclic) bond motifs is 1. The van der Waals surface area contributed by atoms with Gasteiger partial charge in [-0.3, -0.25) is 14.7 Å². The van der Waals surface area contributed by atoms with Crippen LogP contribution in [-0.2, 0) is 20.2 Å². The van der Waals surface area contributed by atoms with Crippen LogP contribution < -0.4 is 70.0 Å². The number of non-ortho nitro benzene ring substituents is 1. The summed E-state index contributed by atoms with van der Waals surface area (Å²) in [6, 6.07) is 4.69. The van der Waals surface area contributed by atoms with Gasteiger partial charge in [0.25, 0.3) is 15.8 Å². The number of rotatable bonds is 5. The van der Waals surface area contributed by atoms with E-state index >= 15 is 0 Å². The van der Waals surface area contributed by atoms with Gasteiger partial charge in [0.05, 0.1) is 15.5 Å². The molecule has 3 rings (SSSR count). The molecule has 14 nitrogen and oxygen atoms in total. The standard InChI is InChI=1S/C16H12N4O10S2.2Na/c17-10-6-9(31(25,26)27)3-7-4-13(32(28,29)30)15(16(22)14(7)10)19-18-11-5-8(20(23)24)1-2-12(11)21;;/h1-6,21-22H,17H2,(H,25,26,27)(H,28,29,30);;/q;2*+1/p-2. The second-order valence-corrected chi connectivity index (χ2v) is 8.99. The van der Waals surface area contributed by atoms with Gasteiger partial charge in [0.2, 0.25) is 0 Å². The minimum Gasteiger partial charge on any atom is -0.870 e. The van der Waals surface area contributed by atoms with Gasteiger partial charge >= 0.3 is 59.1 Å². The molecule has 168 valence electrons. The zero-order valence-corrected chi connectivity index (χ0v) is 23.0. The molecule has 0 amide bonds. The smallest absolute Gasteiger partial charge is 0.870 e. The Morgan fingerprint density at radius 2 is 1.62 bits per heavy atom. The van der Waals surface area contributed by atoms with Crippen molar-refractivity contribution in [3.05, 3.63) is 46.5 Å². The number of phenols is 1. The average molecular weight is 528 g/mol. The number of hydrogen-bond acceptors (Lipinski definition) is 12. The molecule has 0 fully saturated rings. The second-order valence-electron chi connectivity index (χ2n) is 6.22. The quantitative estimate of drug-likeness (QED) is 0.0713. The fraction of sp³-hybridized carbons (Fsp3) is 0. The summed E-state index contributed by atoms with van der Waals surface area (Å²) in [7, 11) is -10.2. The minimum atomic E-state index is -5.14. The van der Waals surface area contributed by atoms with Crippen LogP contribution in [0.15, 0.2) is 56.4 Å². The molecule has 0 bridgehead atoms. The molecule has 0 atom stereocenters. The summed E-state index contributed by atoms with van der Waals surface area (Å²) in [6.45, 7) is 0. The molecular formula is C16H10N4Na2O10S2. The van der Waals surface area contributed by atoms with Crippen LogP contribution in [0, 0.1) is 10.1 Å². The number of azo groups is 1. The van der Waals surface area contributed by atoms with Crippen molar-refractivity contribution in [3.63, 3.8) is 0 Å². The molecule has 0 saturated carbocycles. The van der Waals surface area contributed by atoms with E-state index in [1.54, 1.807) is 0 Å². The van der Waals surface area contributed by atoms with Crippen LogP contribution in [0.25, 0.3) is 10.8 Å². The number of nitro benzene ring substituents is 1. The summed E-state index contributed by atoms with van der Waals surface area (Å²) >= 11 is 0. The molecule has 3 aromatic rings. The Morgan fingerprint density at radius 1 is 1.00 bits per heavy atom. The molecule has 0 heterocycles. The molecule has 34 heavy (non-hydrogen) atoms. The van der Waals surface area contributed by atoms with Gasteiger partial charge < -0.3 is 20.5 Å². The summed E-state index contributed by atoms with van der Waals surface area (Å²) in [4.78, 5) is 8.11. The molecule has 0 spiro atoms. The van der Waals surface area contributed by atoms with E-state index in [4.69, 9.17) is 5.73 Å². The second kappa shape index (κ2) is 10.8. The van der Waals surface area contributed by atoms with Crippen molar-refractivity contribution in [2.75, 3.05) is 5.73 Å². The normalized spacial score (nSPS) is 11.7. The molecule has 3 aromatic carbocycles. The molecule has 4 N–H and O–H groups in total. The molecule has 0 aliphatic rings.